The molecule has 3 aromatic carbocycles. The summed E-state index contributed by atoms with van der Waals surface area (Å²) in [6.45, 7) is 3.69. The zero-order valence-electron chi connectivity index (χ0n) is 21.7. The van der Waals surface area contributed by atoms with Gasteiger partial charge in [0.05, 0.1) is 23.3 Å². The third-order valence-electron chi connectivity index (χ3n) is 7.18. The van der Waals surface area contributed by atoms with E-state index in [9.17, 15) is 9.90 Å². The van der Waals surface area contributed by atoms with Crippen LogP contribution < -0.4 is 0 Å². The summed E-state index contributed by atoms with van der Waals surface area (Å²) in [5.41, 5.74) is 3.52. The Balaban J connectivity index is 1.36. The van der Waals surface area contributed by atoms with Crippen LogP contribution in [-0.2, 0) is 14.9 Å². The molecule has 1 heterocycles. The van der Waals surface area contributed by atoms with Crippen molar-refractivity contribution in [3.8, 4) is 22.5 Å². The van der Waals surface area contributed by atoms with Crippen LogP contribution in [0.15, 0.2) is 89.5 Å². The number of nitrogens with zero attached hydrogens (tertiary/aromatic N) is 1. The van der Waals surface area contributed by atoms with Gasteiger partial charge in [-0.2, -0.15) is 8.78 Å². The fourth-order valence-electron chi connectivity index (χ4n) is 4.76. The van der Waals surface area contributed by atoms with Crippen molar-refractivity contribution in [2.75, 3.05) is 6.61 Å². The van der Waals surface area contributed by atoms with Gasteiger partial charge in [-0.25, -0.2) is 0 Å². The Labute approximate surface area is 225 Å². The first kappa shape index (κ1) is 26.5. The van der Waals surface area contributed by atoms with Crippen LogP contribution in [0.4, 0.5) is 8.78 Å². The Morgan fingerprint density at radius 2 is 1.62 bits per heavy atom. The van der Waals surface area contributed by atoms with Crippen LogP contribution in [0, 0.1) is 6.92 Å². The van der Waals surface area contributed by atoms with Gasteiger partial charge in [0, 0.05) is 5.56 Å². The first-order valence-electron chi connectivity index (χ1n) is 12.9. The van der Waals surface area contributed by atoms with Crippen LogP contribution in [0.2, 0.25) is 0 Å². The van der Waals surface area contributed by atoms with E-state index >= 15 is 8.78 Å². The lowest BCUT2D eigenvalue weighted by Crippen LogP contribution is -2.24. The summed E-state index contributed by atoms with van der Waals surface area (Å²) in [6.07, 6.45) is 1.41. The van der Waals surface area contributed by atoms with Gasteiger partial charge >= 0.3 is 5.97 Å². The van der Waals surface area contributed by atoms with E-state index in [0.29, 0.717) is 23.8 Å². The smallest absolute Gasteiger partial charge is 0.316 e. The minimum atomic E-state index is -3.55. The van der Waals surface area contributed by atoms with Gasteiger partial charge in [-0.3, -0.25) is 4.79 Å². The minimum Gasteiger partial charge on any atom is -0.465 e. The van der Waals surface area contributed by atoms with Crippen molar-refractivity contribution >= 4 is 12.0 Å². The molecular formula is C32H29F2NO4. The highest BCUT2D eigenvalue weighted by molar-refractivity contribution is 5.87. The Morgan fingerprint density at radius 1 is 1.03 bits per heavy atom. The number of benzene rings is 3. The minimum absolute atomic E-state index is 0.0523. The van der Waals surface area contributed by atoms with Gasteiger partial charge in [-0.05, 0) is 55.0 Å². The number of hydrogen-bond acceptors (Lipinski definition) is 5. The van der Waals surface area contributed by atoms with Gasteiger partial charge in [0.1, 0.15) is 0 Å². The van der Waals surface area contributed by atoms with E-state index in [0.717, 1.165) is 29.5 Å². The van der Waals surface area contributed by atoms with E-state index in [1.54, 1.807) is 49.4 Å². The van der Waals surface area contributed by atoms with Gasteiger partial charge in [0.2, 0.25) is 0 Å². The average molecular weight is 530 g/mol. The van der Waals surface area contributed by atoms with E-state index in [-0.39, 0.29) is 23.0 Å². The van der Waals surface area contributed by atoms with Gasteiger partial charge < -0.3 is 14.4 Å². The largest absolute Gasteiger partial charge is 0.465 e. The number of aromatic nitrogens is 1. The maximum atomic E-state index is 15.0. The standard InChI is InChI=1S/C32H29F2NO4/c1-3-38-30(37)31(19-20-31)26-15-13-24(14-16-26)23-9-11-25(12-10-23)28-27(21(2)35-39-28)29(36)32(33,34)18-17-22-7-5-4-6-8-22/h4-18,29,36H,3,19-20H2,1-2H3/b18-17+. The van der Waals surface area contributed by atoms with E-state index < -0.39 is 17.4 Å². The highest BCUT2D eigenvalue weighted by Crippen LogP contribution is 2.49. The molecule has 0 aliphatic heterocycles. The van der Waals surface area contributed by atoms with Crippen molar-refractivity contribution in [1.82, 2.24) is 5.16 Å². The topological polar surface area (TPSA) is 72.6 Å². The van der Waals surface area contributed by atoms with Gasteiger partial charge in [-0.15, -0.1) is 0 Å². The second-order valence-corrected chi connectivity index (χ2v) is 9.79. The molecule has 0 radical (unpaired) electrons. The molecule has 7 heteroatoms. The van der Waals surface area contributed by atoms with Crippen LogP contribution in [0.1, 0.15) is 48.3 Å². The molecule has 0 saturated heterocycles. The number of aryl methyl sites for hydroxylation is 1. The first-order chi connectivity index (χ1) is 18.7. The third kappa shape index (κ3) is 5.27. The maximum absolute atomic E-state index is 15.0. The molecule has 0 spiro atoms. The zero-order chi connectivity index (χ0) is 27.6. The molecule has 39 heavy (non-hydrogen) atoms. The Bertz CT molecular complexity index is 1470. The molecule has 1 unspecified atom stereocenters. The van der Waals surface area contributed by atoms with Gasteiger partial charge in [0.15, 0.2) is 11.9 Å². The fourth-order valence-corrected chi connectivity index (χ4v) is 4.76. The SMILES string of the molecule is CCOC(=O)C1(c2ccc(-c3ccc(-c4onc(C)c4C(O)C(F)(F)/C=C/c4ccccc4)cc3)cc2)CC1. The number of ether oxygens (including phenoxy) is 1. The molecule has 5 rings (SSSR count). The molecule has 1 aliphatic carbocycles. The van der Waals surface area contributed by atoms with Crippen molar-refractivity contribution in [3.05, 3.63) is 107 Å². The number of carbonyl (C=O) groups is 1. The average Bonchev–Trinajstić information content (AvgIpc) is 3.69. The molecule has 4 aromatic rings. The summed E-state index contributed by atoms with van der Waals surface area (Å²) < 4.78 is 40.7. The second kappa shape index (κ2) is 10.6. The summed E-state index contributed by atoms with van der Waals surface area (Å²) in [4.78, 5) is 12.4. The summed E-state index contributed by atoms with van der Waals surface area (Å²) in [6, 6.07) is 23.7. The molecule has 0 amide bonds. The Morgan fingerprint density at radius 3 is 2.21 bits per heavy atom. The van der Waals surface area contributed by atoms with Gasteiger partial charge in [0.25, 0.3) is 5.92 Å². The van der Waals surface area contributed by atoms with Crippen molar-refractivity contribution in [2.45, 2.75) is 44.1 Å². The quantitative estimate of drug-likeness (QED) is 0.231. The summed E-state index contributed by atoms with van der Waals surface area (Å²) in [5, 5.41) is 14.6. The summed E-state index contributed by atoms with van der Waals surface area (Å²) >= 11 is 0. The van der Waals surface area contributed by atoms with Crippen molar-refractivity contribution in [3.63, 3.8) is 0 Å². The van der Waals surface area contributed by atoms with Crippen LogP contribution in [0.5, 0.6) is 0 Å². The van der Waals surface area contributed by atoms with E-state index in [4.69, 9.17) is 9.26 Å². The molecule has 1 fully saturated rings. The molecule has 1 aromatic heterocycles. The lowest BCUT2D eigenvalue weighted by molar-refractivity contribution is -0.146. The summed E-state index contributed by atoms with van der Waals surface area (Å²) in [5.74, 6) is -3.63. The number of alkyl halides is 2. The molecule has 5 nitrogen and oxygen atoms in total. The number of aliphatic hydroxyl groups excluding tert-OH is 1. The number of aliphatic hydroxyl groups is 1. The second-order valence-electron chi connectivity index (χ2n) is 9.79. The van der Waals surface area contributed by atoms with Crippen LogP contribution in [0.25, 0.3) is 28.5 Å². The normalized spacial score (nSPS) is 15.3. The number of carbonyl (C=O) groups excluding carboxylic acids is 1. The molecule has 200 valence electrons. The Kier molecular flexibility index (Phi) is 7.19. The lowest BCUT2D eigenvalue weighted by atomic mass is 9.93. The highest BCUT2D eigenvalue weighted by Gasteiger charge is 2.52. The summed E-state index contributed by atoms with van der Waals surface area (Å²) in [7, 11) is 0. The van der Waals surface area contributed by atoms with Crippen LogP contribution >= 0.6 is 0 Å². The Hall–Kier alpha value is -4.10. The van der Waals surface area contributed by atoms with Crippen molar-refractivity contribution in [1.29, 1.82) is 0 Å². The molecule has 1 atom stereocenters. The highest BCUT2D eigenvalue weighted by atomic mass is 19.3. The van der Waals surface area contributed by atoms with Gasteiger partial charge in [-0.1, -0.05) is 90.1 Å². The zero-order valence-corrected chi connectivity index (χ0v) is 21.7. The molecule has 0 bridgehead atoms. The fraction of sp³-hybridized carbons (Fsp3) is 0.250. The van der Waals surface area contributed by atoms with Crippen molar-refractivity contribution in [2.24, 2.45) is 0 Å². The molecule has 1 aliphatic rings. The molecular weight excluding hydrogens is 500 g/mol. The van der Waals surface area contributed by atoms with Crippen molar-refractivity contribution < 1.29 is 27.9 Å². The predicted octanol–water partition coefficient (Wildman–Crippen LogP) is 7.29. The maximum Gasteiger partial charge on any atom is 0.316 e. The number of esters is 1. The predicted molar refractivity (Wildman–Crippen MR) is 145 cm³/mol. The third-order valence-corrected chi connectivity index (χ3v) is 7.18. The van der Waals surface area contributed by atoms with Crippen LogP contribution in [-0.4, -0.2) is 28.8 Å². The first-order valence-corrected chi connectivity index (χ1v) is 12.9. The monoisotopic (exact) mass is 529 g/mol. The number of rotatable bonds is 9. The number of hydrogen-bond donors (Lipinski definition) is 1. The van der Waals surface area contributed by atoms with E-state index in [1.807, 2.05) is 36.4 Å². The molecule has 1 saturated carbocycles. The lowest BCUT2D eigenvalue weighted by Gasteiger charge is -2.19. The molecule has 1 N–H and O–H groups in total. The van der Waals surface area contributed by atoms with E-state index in [2.05, 4.69) is 5.16 Å². The van der Waals surface area contributed by atoms with E-state index in [1.165, 1.54) is 13.0 Å². The van der Waals surface area contributed by atoms with Crippen LogP contribution in [0.3, 0.4) is 0 Å². The number of halogens is 2.